The Labute approximate surface area is 155 Å². The number of hydrogen-bond donors (Lipinski definition) is 2. The smallest absolute Gasteiger partial charge is 0.240 e. The molecular weight excluding hydrogens is 324 g/mol. The van der Waals surface area contributed by atoms with E-state index in [1.807, 2.05) is 50.2 Å². The quantitative estimate of drug-likeness (QED) is 0.590. The van der Waals surface area contributed by atoms with Gasteiger partial charge < -0.3 is 10.6 Å². The molecule has 0 aliphatic heterocycles. The Bertz CT molecular complexity index is 795. The predicted molar refractivity (Wildman–Crippen MR) is 104 cm³/mol. The van der Waals surface area contributed by atoms with Crippen LogP contribution in [0.2, 0.25) is 0 Å². The summed E-state index contributed by atoms with van der Waals surface area (Å²) in [6.07, 6.45) is 3.02. The molecule has 0 aromatic heterocycles. The number of anilines is 1. The van der Waals surface area contributed by atoms with Gasteiger partial charge in [0.1, 0.15) is 5.41 Å². The number of amides is 2. The van der Waals surface area contributed by atoms with E-state index in [0.29, 0.717) is 19.4 Å². The van der Waals surface area contributed by atoms with Gasteiger partial charge in [0.2, 0.25) is 11.8 Å². The normalized spacial score (nSPS) is 14.5. The third kappa shape index (κ3) is 4.13. The minimum absolute atomic E-state index is 0.146. The van der Waals surface area contributed by atoms with Crippen LogP contribution in [-0.2, 0) is 16.0 Å². The summed E-state index contributed by atoms with van der Waals surface area (Å²) in [7, 11) is 0. The van der Waals surface area contributed by atoms with E-state index in [4.69, 9.17) is 0 Å². The Hall–Kier alpha value is -2.62. The average Bonchev–Trinajstić information content (AvgIpc) is 3.45. The molecule has 0 unspecified atom stereocenters. The molecule has 0 saturated heterocycles. The van der Waals surface area contributed by atoms with Crippen LogP contribution < -0.4 is 10.6 Å². The molecule has 1 aliphatic carbocycles. The fraction of sp³-hybridized carbons (Fsp3) is 0.364. The van der Waals surface area contributed by atoms with E-state index >= 15 is 0 Å². The Morgan fingerprint density at radius 2 is 1.69 bits per heavy atom. The van der Waals surface area contributed by atoms with Crippen LogP contribution in [0, 0.1) is 19.3 Å². The van der Waals surface area contributed by atoms with E-state index in [1.54, 1.807) is 0 Å². The van der Waals surface area contributed by atoms with Crippen LogP contribution in [0.4, 0.5) is 5.69 Å². The summed E-state index contributed by atoms with van der Waals surface area (Å²) in [5.74, 6) is -0.340. The number of hydrogen-bond acceptors (Lipinski definition) is 2. The van der Waals surface area contributed by atoms with E-state index in [1.165, 1.54) is 11.1 Å². The lowest BCUT2D eigenvalue weighted by molar-refractivity contribution is -0.134. The topological polar surface area (TPSA) is 58.2 Å². The van der Waals surface area contributed by atoms with Gasteiger partial charge in [0.15, 0.2) is 0 Å². The Morgan fingerprint density at radius 3 is 2.35 bits per heavy atom. The monoisotopic (exact) mass is 350 g/mol. The zero-order chi connectivity index (χ0) is 18.6. The van der Waals surface area contributed by atoms with E-state index in [2.05, 4.69) is 22.8 Å². The van der Waals surface area contributed by atoms with Gasteiger partial charge in [0.25, 0.3) is 0 Å². The molecule has 136 valence electrons. The van der Waals surface area contributed by atoms with Gasteiger partial charge in [-0.2, -0.15) is 0 Å². The van der Waals surface area contributed by atoms with Gasteiger partial charge in [-0.05, 0) is 68.4 Å². The van der Waals surface area contributed by atoms with Crippen LogP contribution >= 0.6 is 0 Å². The van der Waals surface area contributed by atoms with Crippen molar-refractivity contribution < 1.29 is 9.59 Å². The van der Waals surface area contributed by atoms with Crippen molar-refractivity contribution in [2.75, 3.05) is 11.9 Å². The Morgan fingerprint density at radius 1 is 0.962 bits per heavy atom. The van der Waals surface area contributed by atoms with Crippen LogP contribution in [0.1, 0.15) is 36.0 Å². The summed E-state index contributed by atoms with van der Waals surface area (Å²) in [6, 6.07) is 16.0. The molecule has 0 spiro atoms. The van der Waals surface area contributed by atoms with Crippen molar-refractivity contribution in [3.8, 4) is 0 Å². The molecule has 2 amide bonds. The molecule has 0 bridgehead atoms. The molecule has 1 saturated carbocycles. The summed E-state index contributed by atoms with van der Waals surface area (Å²) in [5.41, 5.74) is 3.43. The van der Waals surface area contributed by atoms with Gasteiger partial charge >= 0.3 is 0 Å². The third-order valence-electron chi connectivity index (χ3n) is 5.15. The second-order valence-electron chi connectivity index (χ2n) is 7.18. The van der Waals surface area contributed by atoms with E-state index in [-0.39, 0.29) is 11.8 Å². The summed E-state index contributed by atoms with van der Waals surface area (Å²) in [4.78, 5) is 25.1. The fourth-order valence-corrected chi connectivity index (χ4v) is 3.06. The molecule has 4 heteroatoms. The highest BCUT2D eigenvalue weighted by Crippen LogP contribution is 2.46. The lowest BCUT2D eigenvalue weighted by atomic mass is 10.0. The van der Waals surface area contributed by atoms with Crippen molar-refractivity contribution in [3.05, 3.63) is 65.2 Å². The molecular formula is C22H26N2O2. The number of carbonyl (C=O) groups is 2. The Kier molecular flexibility index (Phi) is 5.40. The standard InChI is InChI=1S/C22H26N2O2/c1-16-10-11-19(15-17(16)2)24-21(26)22(12-13-22)20(25)23-14-6-9-18-7-4-3-5-8-18/h3-5,7-8,10-11,15H,6,9,12-14H2,1-2H3,(H,23,25)(H,24,26). The van der Waals surface area contributed by atoms with Crippen LogP contribution in [0.5, 0.6) is 0 Å². The maximum atomic E-state index is 12.6. The van der Waals surface area contributed by atoms with Crippen molar-refractivity contribution in [2.45, 2.75) is 39.5 Å². The maximum Gasteiger partial charge on any atom is 0.240 e. The number of nitrogens with one attached hydrogen (secondary N) is 2. The largest absolute Gasteiger partial charge is 0.355 e. The molecule has 0 radical (unpaired) electrons. The van der Waals surface area contributed by atoms with Gasteiger partial charge in [-0.25, -0.2) is 0 Å². The van der Waals surface area contributed by atoms with Crippen molar-refractivity contribution in [2.24, 2.45) is 5.41 Å². The molecule has 26 heavy (non-hydrogen) atoms. The molecule has 1 fully saturated rings. The van der Waals surface area contributed by atoms with Gasteiger partial charge in [-0.3, -0.25) is 9.59 Å². The van der Waals surface area contributed by atoms with Crippen molar-refractivity contribution in [1.82, 2.24) is 5.32 Å². The second-order valence-corrected chi connectivity index (χ2v) is 7.18. The van der Waals surface area contributed by atoms with Crippen LogP contribution in [0.3, 0.4) is 0 Å². The number of aryl methyl sites for hydroxylation is 3. The maximum absolute atomic E-state index is 12.6. The van der Waals surface area contributed by atoms with E-state index in [9.17, 15) is 9.59 Å². The van der Waals surface area contributed by atoms with Gasteiger partial charge in [0, 0.05) is 12.2 Å². The third-order valence-corrected chi connectivity index (χ3v) is 5.15. The molecule has 2 N–H and O–H groups in total. The molecule has 2 aromatic rings. The number of carbonyl (C=O) groups excluding carboxylic acids is 2. The molecule has 1 aliphatic rings. The molecule has 0 heterocycles. The first-order valence-corrected chi connectivity index (χ1v) is 9.22. The van der Waals surface area contributed by atoms with Crippen molar-refractivity contribution in [1.29, 1.82) is 0 Å². The SMILES string of the molecule is Cc1ccc(NC(=O)C2(C(=O)NCCCc3ccccc3)CC2)cc1C. The summed E-state index contributed by atoms with van der Waals surface area (Å²) < 4.78 is 0. The summed E-state index contributed by atoms with van der Waals surface area (Å²) in [5, 5.41) is 5.85. The van der Waals surface area contributed by atoms with Crippen LogP contribution in [0.15, 0.2) is 48.5 Å². The van der Waals surface area contributed by atoms with E-state index < -0.39 is 5.41 Å². The van der Waals surface area contributed by atoms with Crippen molar-refractivity contribution in [3.63, 3.8) is 0 Å². The van der Waals surface area contributed by atoms with Gasteiger partial charge in [-0.1, -0.05) is 36.4 Å². The first-order chi connectivity index (χ1) is 12.5. The van der Waals surface area contributed by atoms with Crippen LogP contribution in [0.25, 0.3) is 0 Å². The molecule has 3 rings (SSSR count). The lowest BCUT2D eigenvalue weighted by Gasteiger charge is -2.16. The highest BCUT2D eigenvalue weighted by Gasteiger charge is 2.56. The first kappa shape index (κ1) is 18.2. The summed E-state index contributed by atoms with van der Waals surface area (Å²) >= 11 is 0. The molecule has 2 aromatic carbocycles. The first-order valence-electron chi connectivity index (χ1n) is 9.22. The zero-order valence-electron chi connectivity index (χ0n) is 15.5. The van der Waals surface area contributed by atoms with Gasteiger partial charge in [0.05, 0.1) is 0 Å². The number of rotatable bonds is 7. The van der Waals surface area contributed by atoms with Gasteiger partial charge in [-0.15, -0.1) is 0 Å². The molecule has 0 atom stereocenters. The zero-order valence-corrected chi connectivity index (χ0v) is 15.5. The highest BCUT2D eigenvalue weighted by atomic mass is 16.2. The molecule has 4 nitrogen and oxygen atoms in total. The lowest BCUT2D eigenvalue weighted by Crippen LogP contribution is -2.40. The summed E-state index contributed by atoms with van der Waals surface area (Å²) in [6.45, 7) is 4.63. The fourth-order valence-electron chi connectivity index (χ4n) is 3.06. The Balaban J connectivity index is 1.50. The second kappa shape index (κ2) is 7.73. The predicted octanol–water partition coefficient (Wildman–Crippen LogP) is 3.77. The van der Waals surface area contributed by atoms with Crippen LogP contribution in [-0.4, -0.2) is 18.4 Å². The average molecular weight is 350 g/mol. The highest BCUT2D eigenvalue weighted by molar-refractivity contribution is 6.13. The minimum Gasteiger partial charge on any atom is -0.355 e. The minimum atomic E-state index is -0.883. The number of benzene rings is 2. The van der Waals surface area contributed by atoms with E-state index in [0.717, 1.165) is 24.1 Å². The van der Waals surface area contributed by atoms with Crippen molar-refractivity contribution >= 4 is 17.5 Å².